The van der Waals surface area contributed by atoms with E-state index in [0.29, 0.717) is 0 Å². The third-order valence-corrected chi connectivity index (χ3v) is 1.29. The van der Waals surface area contributed by atoms with Gasteiger partial charge in [0.15, 0.2) is 0 Å². The Morgan fingerprint density at radius 2 is 1.77 bits per heavy atom. The maximum absolute atomic E-state index is 4.13. The maximum Gasteiger partial charge on any atom is 1.00 e. The third kappa shape index (κ3) is 6.89. The number of rotatable bonds is 0. The molecule has 0 amide bonds. The van der Waals surface area contributed by atoms with Gasteiger partial charge in [-0.1, -0.05) is 34.6 Å². The van der Waals surface area contributed by atoms with E-state index in [1.54, 1.807) is 12.4 Å². The van der Waals surface area contributed by atoms with Crippen LogP contribution in [0.2, 0.25) is 0 Å². The summed E-state index contributed by atoms with van der Waals surface area (Å²) in [7, 11) is 0. The second-order valence-electron chi connectivity index (χ2n) is 3.28. The van der Waals surface area contributed by atoms with Crippen molar-refractivity contribution >= 4 is 0 Å². The largest absolute Gasteiger partial charge is 1.00 e. The molecule has 68 valence electrons. The number of hydrogen-bond donors (Lipinski definition) is 0. The summed E-state index contributed by atoms with van der Waals surface area (Å²) in [5.41, 5.74) is 1.11. The minimum Gasteiger partial charge on any atom is -0.456 e. The molecule has 0 saturated carbocycles. The fraction of sp³-hybridized carbons (Fsp3) is 0.600. The first-order valence-corrected chi connectivity index (χ1v) is 4.29. The van der Waals surface area contributed by atoms with Crippen molar-refractivity contribution in [2.24, 2.45) is 0 Å². The Hall–Kier alpha value is 0.885. The zero-order valence-electron chi connectivity index (χ0n) is 9.55. The molecule has 2 nitrogen and oxygen atoms in total. The maximum atomic E-state index is 4.13. The molecular weight excluding hydrogens is 234 g/mol. The van der Waals surface area contributed by atoms with Gasteiger partial charge < -0.3 is 4.98 Å². The van der Waals surface area contributed by atoms with E-state index in [0.717, 1.165) is 5.69 Å². The zero-order valence-corrected chi connectivity index (χ0v) is 14.5. The summed E-state index contributed by atoms with van der Waals surface area (Å²) in [6, 6.07) is 0. The molecule has 0 aromatic carbocycles. The Kier molecular flexibility index (Phi) is 10.3. The van der Waals surface area contributed by atoms with Crippen LogP contribution in [0.1, 0.15) is 40.3 Å². The fourth-order valence-electron chi connectivity index (χ4n) is 0.651. The van der Waals surface area contributed by atoms with Gasteiger partial charge in [-0.3, -0.25) is 4.98 Å². The molecule has 0 fully saturated rings. The van der Waals surface area contributed by atoms with E-state index >= 15 is 0 Å². The van der Waals surface area contributed by atoms with Crippen LogP contribution in [0.3, 0.4) is 0 Å². The van der Waals surface area contributed by atoms with Crippen LogP contribution < -0.4 is 58.2 Å². The molecule has 0 aliphatic heterocycles. The summed E-state index contributed by atoms with van der Waals surface area (Å²) in [6.07, 6.45) is 5.99. The minimum atomic E-state index is 0. The van der Waals surface area contributed by atoms with Crippen LogP contribution in [-0.4, -0.2) is 9.97 Å². The SMILES string of the molecule is CC.CC(C)(C)c1cn[c-]cn1.[Rb+]. The van der Waals surface area contributed by atoms with Crippen molar-refractivity contribution in [2.45, 2.75) is 40.0 Å². The second kappa shape index (κ2) is 8.21. The molecule has 13 heavy (non-hydrogen) atoms. The normalized spacial score (nSPS) is 9.31. The van der Waals surface area contributed by atoms with Gasteiger partial charge in [0, 0.05) is 0 Å². The van der Waals surface area contributed by atoms with Crippen LogP contribution >= 0.6 is 0 Å². The molecule has 0 unspecified atom stereocenters. The quantitative estimate of drug-likeness (QED) is 0.586. The Balaban J connectivity index is 0. The average Bonchev–Trinajstić information content (AvgIpc) is 2.08. The number of aromatic nitrogens is 2. The summed E-state index contributed by atoms with van der Waals surface area (Å²) in [6.45, 7) is 10.3. The fourth-order valence-corrected chi connectivity index (χ4v) is 0.651. The van der Waals surface area contributed by atoms with Gasteiger partial charge in [0.1, 0.15) is 0 Å². The molecule has 0 aliphatic carbocycles. The summed E-state index contributed by atoms with van der Waals surface area (Å²) in [5, 5.41) is 0. The Bertz CT molecular complexity index is 204. The van der Waals surface area contributed by atoms with Gasteiger partial charge in [0.05, 0.1) is 0 Å². The van der Waals surface area contributed by atoms with Crippen LogP contribution in [0.15, 0.2) is 12.4 Å². The summed E-state index contributed by atoms with van der Waals surface area (Å²) in [4.78, 5) is 8.00. The predicted molar refractivity (Wildman–Crippen MR) is 50.9 cm³/mol. The van der Waals surface area contributed by atoms with Crippen LogP contribution in [0.5, 0.6) is 0 Å². The van der Waals surface area contributed by atoms with Crippen LogP contribution in [0.4, 0.5) is 0 Å². The van der Waals surface area contributed by atoms with Crippen molar-refractivity contribution in [3.63, 3.8) is 0 Å². The van der Waals surface area contributed by atoms with E-state index in [9.17, 15) is 0 Å². The predicted octanol–water partition coefficient (Wildman–Crippen LogP) is -0.396. The Morgan fingerprint density at radius 1 is 1.23 bits per heavy atom. The molecule has 1 heterocycles. The molecule has 0 atom stereocenters. The molecule has 3 heteroatoms. The van der Waals surface area contributed by atoms with Gasteiger partial charge in [0.2, 0.25) is 0 Å². The number of nitrogens with zero attached hydrogens (tertiary/aromatic N) is 2. The summed E-state index contributed by atoms with van der Waals surface area (Å²) in [5.74, 6) is 0. The topological polar surface area (TPSA) is 25.8 Å². The monoisotopic (exact) mass is 250 g/mol. The first-order valence-electron chi connectivity index (χ1n) is 4.29. The van der Waals surface area contributed by atoms with Gasteiger partial charge in [-0.15, -0.1) is 12.4 Å². The van der Waals surface area contributed by atoms with Crippen LogP contribution in [0, 0.1) is 6.20 Å². The molecule has 0 aliphatic rings. The van der Waals surface area contributed by atoms with E-state index in [2.05, 4.69) is 36.9 Å². The first-order chi connectivity index (χ1) is 5.61. The van der Waals surface area contributed by atoms with Crippen molar-refractivity contribution in [2.75, 3.05) is 0 Å². The molecule has 0 saturated heterocycles. The van der Waals surface area contributed by atoms with Crippen molar-refractivity contribution in [3.05, 3.63) is 24.3 Å². The van der Waals surface area contributed by atoms with Crippen molar-refractivity contribution in [1.29, 1.82) is 0 Å². The molecule has 1 aromatic rings. The smallest absolute Gasteiger partial charge is 0.456 e. The van der Waals surface area contributed by atoms with Crippen LogP contribution in [0.25, 0.3) is 0 Å². The Morgan fingerprint density at radius 3 is 2.00 bits per heavy atom. The number of hydrogen-bond acceptors (Lipinski definition) is 2. The van der Waals surface area contributed by atoms with E-state index < -0.39 is 0 Å². The standard InChI is InChI=1S/C8H11N2.C2H6.Rb/c1-8(2,3)7-6-9-4-5-10-7;1-2;/h5-6H,1-3H3;1-2H3;/q-1;;+1. The molecule has 1 rings (SSSR count). The molecule has 0 spiro atoms. The van der Waals surface area contributed by atoms with Crippen LogP contribution in [-0.2, 0) is 5.41 Å². The van der Waals surface area contributed by atoms with Gasteiger partial charge in [-0.2, -0.15) is 0 Å². The summed E-state index contributed by atoms with van der Waals surface area (Å²) >= 11 is 0. The Labute approximate surface area is 130 Å². The molecule has 1 aromatic heterocycles. The molecular formula is C10H17N2Rb. The van der Waals surface area contributed by atoms with Crippen molar-refractivity contribution in [1.82, 2.24) is 9.97 Å². The molecule has 0 bridgehead atoms. The third-order valence-electron chi connectivity index (χ3n) is 1.29. The minimum absolute atomic E-state index is 0. The zero-order chi connectivity index (χ0) is 9.61. The molecule has 0 radical (unpaired) electrons. The van der Waals surface area contributed by atoms with E-state index in [-0.39, 0.29) is 63.6 Å². The van der Waals surface area contributed by atoms with E-state index in [4.69, 9.17) is 0 Å². The molecule has 0 N–H and O–H groups in total. The van der Waals surface area contributed by atoms with Crippen molar-refractivity contribution in [3.8, 4) is 0 Å². The first kappa shape index (κ1) is 16.3. The summed E-state index contributed by atoms with van der Waals surface area (Å²) < 4.78 is 0. The van der Waals surface area contributed by atoms with Crippen molar-refractivity contribution < 1.29 is 58.2 Å². The second-order valence-corrected chi connectivity index (χ2v) is 3.28. The van der Waals surface area contributed by atoms with Gasteiger partial charge in [-0.05, 0) is 17.3 Å². The average molecular weight is 251 g/mol. The van der Waals surface area contributed by atoms with Gasteiger partial charge in [0.25, 0.3) is 0 Å². The van der Waals surface area contributed by atoms with E-state index in [1.807, 2.05) is 13.8 Å². The van der Waals surface area contributed by atoms with Gasteiger partial charge >= 0.3 is 58.2 Å². The van der Waals surface area contributed by atoms with E-state index in [1.165, 1.54) is 0 Å². The van der Waals surface area contributed by atoms with Gasteiger partial charge in [-0.25, -0.2) is 0 Å².